The van der Waals surface area contributed by atoms with E-state index in [1.54, 1.807) is 4.90 Å². The maximum Gasteiger partial charge on any atom is 0.321 e. The molecule has 0 aromatic heterocycles. The molecular formula is C19H29N5O2S. The second kappa shape index (κ2) is 11.4. The lowest BCUT2D eigenvalue weighted by Crippen LogP contribution is -2.52. The summed E-state index contributed by atoms with van der Waals surface area (Å²) in [6, 6.07) is 9.13. The molecule has 0 spiro atoms. The normalized spacial score (nSPS) is 16.3. The van der Waals surface area contributed by atoms with Crippen molar-refractivity contribution in [3.63, 3.8) is 0 Å². The number of anilines is 1. The monoisotopic (exact) mass is 391 g/mol. The van der Waals surface area contributed by atoms with Gasteiger partial charge in [-0.25, -0.2) is 4.79 Å². The van der Waals surface area contributed by atoms with Crippen LogP contribution in [0, 0.1) is 5.92 Å². The molecule has 2 rings (SSSR count). The van der Waals surface area contributed by atoms with Crippen LogP contribution in [-0.4, -0.2) is 41.6 Å². The second-order valence-corrected chi connectivity index (χ2v) is 7.07. The van der Waals surface area contributed by atoms with Crippen molar-refractivity contribution in [1.82, 2.24) is 21.1 Å². The fourth-order valence-electron chi connectivity index (χ4n) is 2.94. The first-order valence-corrected chi connectivity index (χ1v) is 9.95. The molecular weight excluding hydrogens is 362 g/mol. The number of unbranched alkanes of at least 4 members (excludes halogenated alkanes) is 2. The molecule has 27 heavy (non-hydrogen) atoms. The Kier molecular flexibility index (Phi) is 8.83. The first kappa shape index (κ1) is 21.0. The molecule has 0 saturated carbocycles. The quantitative estimate of drug-likeness (QED) is 0.340. The summed E-state index contributed by atoms with van der Waals surface area (Å²) in [5.74, 6) is -0.402. The van der Waals surface area contributed by atoms with Crippen molar-refractivity contribution >= 4 is 35.0 Å². The van der Waals surface area contributed by atoms with Crippen LogP contribution in [0.5, 0.6) is 0 Å². The van der Waals surface area contributed by atoms with Gasteiger partial charge in [0.1, 0.15) is 0 Å². The zero-order valence-corrected chi connectivity index (χ0v) is 16.6. The van der Waals surface area contributed by atoms with Gasteiger partial charge in [0, 0.05) is 25.3 Å². The highest BCUT2D eigenvalue weighted by molar-refractivity contribution is 7.80. The van der Waals surface area contributed by atoms with Gasteiger partial charge in [-0.3, -0.25) is 15.6 Å². The number of carbonyl (C=O) groups excluding carboxylic acids is 2. The van der Waals surface area contributed by atoms with Crippen LogP contribution in [0.15, 0.2) is 30.3 Å². The van der Waals surface area contributed by atoms with Gasteiger partial charge in [-0.2, -0.15) is 0 Å². The summed E-state index contributed by atoms with van der Waals surface area (Å²) in [5.41, 5.74) is 6.14. The number of carbonyl (C=O) groups is 2. The number of piperidine rings is 1. The molecule has 1 atom stereocenters. The summed E-state index contributed by atoms with van der Waals surface area (Å²) in [6.07, 6.45) is 4.87. The van der Waals surface area contributed by atoms with Crippen molar-refractivity contribution in [3.05, 3.63) is 30.3 Å². The summed E-state index contributed by atoms with van der Waals surface area (Å²) in [6.45, 7) is 3.97. The van der Waals surface area contributed by atoms with E-state index in [1.165, 1.54) is 0 Å². The van der Waals surface area contributed by atoms with Gasteiger partial charge in [0.15, 0.2) is 5.11 Å². The van der Waals surface area contributed by atoms with Crippen molar-refractivity contribution in [1.29, 1.82) is 0 Å². The third kappa shape index (κ3) is 7.42. The number of nitrogens with one attached hydrogen (secondary N) is 4. The maximum absolute atomic E-state index is 12.4. The number of likely N-dealkylation sites (tertiary alicyclic amines) is 1. The number of hydrogen-bond acceptors (Lipinski definition) is 3. The van der Waals surface area contributed by atoms with E-state index in [1.807, 2.05) is 30.3 Å². The summed E-state index contributed by atoms with van der Waals surface area (Å²) in [5, 5.41) is 6.34. The fourth-order valence-corrected chi connectivity index (χ4v) is 3.09. The zero-order valence-electron chi connectivity index (χ0n) is 15.8. The Morgan fingerprint density at radius 2 is 1.96 bits per heavy atom. The van der Waals surface area contributed by atoms with Crippen LogP contribution in [0.3, 0.4) is 0 Å². The Hall–Kier alpha value is -2.35. The summed E-state index contributed by atoms with van der Waals surface area (Å²) in [7, 11) is 0. The van der Waals surface area contributed by atoms with E-state index in [2.05, 4.69) is 28.4 Å². The molecule has 1 aliphatic rings. The lowest BCUT2D eigenvalue weighted by atomic mass is 9.98. The van der Waals surface area contributed by atoms with Crippen molar-refractivity contribution in [3.8, 4) is 0 Å². The lowest BCUT2D eigenvalue weighted by Gasteiger charge is -2.32. The van der Waals surface area contributed by atoms with E-state index in [4.69, 9.17) is 12.2 Å². The molecule has 1 aromatic rings. The summed E-state index contributed by atoms with van der Waals surface area (Å²) < 4.78 is 0. The number of para-hydroxylation sites is 1. The Morgan fingerprint density at radius 1 is 1.19 bits per heavy atom. The highest BCUT2D eigenvalue weighted by atomic mass is 32.1. The molecule has 148 valence electrons. The predicted molar refractivity (Wildman–Crippen MR) is 111 cm³/mol. The Labute approximate surface area is 166 Å². The molecule has 0 aliphatic carbocycles. The molecule has 1 aromatic carbocycles. The molecule has 4 N–H and O–H groups in total. The minimum absolute atomic E-state index is 0.148. The predicted octanol–water partition coefficient (Wildman–Crippen LogP) is 2.62. The molecule has 3 amide bonds. The van der Waals surface area contributed by atoms with E-state index in [0.717, 1.165) is 44.3 Å². The molecule has 8 heteroatoms. The van der Waals surface area contributed by atoms with Crippen LogP contribution in [0.1, 0.15) is 39.0 Å². The Balaban J connectivity index is 1.73. The third-order valence-electron chi connectivity index (χ3n) is 4.47. The number of rotatable bonds is 6. The topological polar surface area (TPSA) is 85.5 Å². The van der Waals surface area contributed by atoms with Crippen LogP contribution in [0.2, 0.25) is 0 Å². The minimum atomic E-state index is -0.254. The van der Waals surface area contributed by atoms with Gasteiger partial charge in [0.2, 0.25) is 5.91 Å². The van der Waals surface area contributed by atoms with E-state index in [9.17, 15) is 9.59 Å². The fraction of sp³-hybridized carbons (Fsp3) is 0.526. The third-order valence-corrected chi connectivity index (χ3v) is 4.72. The maximum atomic E-state index is 12.4. The lowest BCUT2D eigenvalue weighted by molar-refractivity contribution is -0.126. The van der Waals surface area contributed by atoms with Crippen molar-refractivity contribution in [2.24, 2.45) is 5.92 Å². The van der Waals surface area contributed by atoms with Gasteiger partial charge in [-0.05, 0) is 43.6 Å². The molecule has 0 radical (unpaired) electrons. The van der Waals surface area contributed by atoms with Crippen LogP contribution in [0.4, 0.5) is 10.5 Å². The molecule has 7 nitrogen and oxygen atoms in total. The van der Waals surface area contributed by atoms with Gasteiger partial charge in [0.25, 0.3) is 0 Å². The minimum Gasteiger partial charge on any atom is -0.361 e. The SMILES string of the molecule is CCCCCNC(=S)NNC(=O)[C@H]1CCCN(C(=O)Nc2ccccc2)C1. The summed E-state index contributed by atoms with van der Waals surface area (Å²) >= 11 is 5.15. The van der Waals surface area contributed by atoms with Gasteiger partial charge in [-0.15, -0.1) is 0 Å². The largest absolute Gasteiger partial charge is 0.361 e. The standard InChI is InChI=1S/C19H29N5O2S/c1-2-3-7-12-20-18(27)23-22-17(25)15-9-8-13-24(14-15)19(26)21-16-10-5-4-6-11-16/h4-6,10-11,15H,2-3,7-9,12-14H2,1H3,(H,21,26)(H,22,25)(H2,20,23,27)/t15-/m0/s1. The van der Waals surface area contributed by atoms with E-state index < -0.39 is 0 Å². The zero-order chi connectivity index (χ0) is 19.5. The van der Waals surface area contributed by atoms with Crippen LogP contribution in [-0.2, 0) is 4.79 Å². The molecule has 1 heterocycles. The number of hydrogen-bond donors (Lipinski definition) is 4. The number of hydrazine groups is 1. The first-order valence-electron chi connectivity index (χ1n) is 9.54. The number of urea groups is 1. The first-order chi connectivity index (χ1) is 13.1. The van der Waals surface area contributed by atoms with Gasteiger partial charge in [-0.1, -0.05) is 38.0 Å². The van der Waals surface area contributed by atoms with E-state index >= 15 is 0 Å². The van der Waals surface area contributed by atoms with Crippen LogP contribution >= 0.6 is 12.2 Å². The van der Waals surface area contributed by atoms with Gasteiger partial charge in [0.05, 0.1) is 5.92 Å². The molecule has 1 saturated heterocycles. The van der Waals surface area contributed by atoms with Crippen LogP contribution < -0.4 is 21.5 Å². The number of benzene rings is 1. The van der Waals surface area contributed by atoms with Crippen molar-refractivity contribution in [2.45, 2.75) is 39.0 Å². The summed E-state index contributed by atoms with van der Waals surface area (Å²) in [4.78, 5) is 26.5. The Morgan fingerprint density at radius 3 is 2.70 bits per heavy atom. The average molecular weight is 392 g/mol. The van der Waals surface area contributed by atoms with Crippen molar-refractivity contribution in [2.75, 3.05) is 25.0 Å². The van der Waals surface area contributed by atoms with Gasteiger partial charge < -0.3 is 15.5 Å². The Bertz CT molecular complexity index is 626. The average Bonchev–Trinajstić information content (AvgIpc) is 2.70. The number of amides is 3. The van der Waals surface area contributed by atoms with Crippen LogP contribution in [0.25, 0.3) is 0 Å². The molecule has 1 fully saturated rings. The molecule has 0 bridgehead atoms. The smallest absolute Gasteiger partial charge is 0.321 e. The highest BCUT2D eigenvalue weighted by Crippen LogP contribution is 2.18. The highest BCUT2D eigenvalue weighted by Gasteiger charge is 2.28. The number of nitrogens with zero attached hydrogens (tertiary/aromatic N) is 1. The molecule has 0 unspecified atom stereocenters. The van der Waals surface area contributed by atoms with Crippen molar-refractivity contribution < 1.29 is 9.59 Å². The number of thiocarbonyl (C=S) groups is 1. The second-order valence-electron chi connectivity index (χ2n) is 6.66. The van der Waals surface area contributed by atoms with Gasteiger partial charge >= 0.3 is 6.03 Å². The molecule has 1 aliphatic heterocycles. The van der Waals surface area contributed by atoms with E-state index in [0.29, 0.717) is 18.2 Å². The van der Waals surface area contributed by atoms with E-state index in [-0.39, 0.29) is 17.9 Å².